The van der Waals surface area contributed by atoms with Crippen LogP contribution in [0.4, 0.5) is 0 Å². The second kappa shape index (κ2) is 7.13. The van der Waals surface area contributed by atoms with Crippen molar-refractivity contribution in [2.75, 3.05) is 6.54 Å². The fourth-order valence-corrected chi connectivity index (χ4v) is 2.72. The molecule has 0 aliphatic heterocycles. The van der Waals surface area contributed by atoms with E-state index in [2.05, 4.69) is 32.6 Å². The molecule has 1 fully saturated rings. The van der Waals surface area contributed by atoms with Crippen LogP contribution in [0.3, 0.4) is 0 Å². The Kier molecular flexibility index (Phi) is 6.13. The Labute approximate surface area is 112 Å². The number of amides is 1. The van der Waals surface area contributed by atoms with Gasteiger partial charge in [-0.1, -0.05) is 47.0 Å². The molecule has 0 saturated heterocycles. The molecule has 0 bridgehead atoms. The summed E-state index contributed by atoms with van der Waals surface area (Å²) in [4.78, 5) is 14.6. The molecule has 18 heavy (non-hydrogen) atoms. The lowest BCUT2D eigenvalue weighted by Crippen LogP contribution is -2.51. The van der Waals surface area contributed by atoms with Crippen molar-refractivity contribution < 1.29 is 4.79 Å². The van der Waals surface area contributed by atoms with Gasteiger partial charge in [-0.25, -0.2) is 0 Å². The van der Waals surface area contributed by atoms with Gasteiger partial charge in [0.2, 0.25) is 5.91 Å². The van der Waals surface area contributed by atoms with Crippen LogP contribution in [0.1, 0.15) is 59.8 Å². The summed E-state index contributed by atoms with van der Waals surface area (Å²) in [5.41, 5.74) is 6.12. The van der Waals surface area contributed by atoms with Crippen molar-refractivity contribution in [1.82, 2.24) is 4.90 Å². The van der Waals surface area contributed by atoms with Gasteiger partial charge in [0.15, 0.2) is 0 Å². The quantitative estimate of drug-likeness (QED) is 0.792. The van der Waals surface area contributed by atoms with Crippen molar-refractivity contribution in [2.45, 2.75) is 71.9 Å². The first-order valence-corrected chi connectivity index (χ1v) is 7.53. The molecule has 1 saturated carbocycles. The Bertz CT molecular complexity index is 259. The first-order valence-electron chi connectivity index (χ1n) is 7.53. The predicted molar refractivity (Wildman–Crippen MR) is 76.2 cm³/mol. The average molecular weight is 254 g/mol. The van der Waals surface area contributed by atoms with Gasteiger partial charge in [-0.15, -0.1) is 0 Å². The zero-order valence-electron chi connectivity index (χ0n) is 12.5. The lowest BCUT2D eigenvalue weighted by Gasteiger charge is -2.34. The Morgan fingerprint density at radius 2 is 1.83 bits per heavy atom. The number of nitrogens with two attached hydrogens (primary N) is 1. The van der Waals surface area contributed by atoms with Gasteiger partial charge >= 0.3 is 0 Å². The number of hydrogen-bond donors (Lipinski definition) is 1. The molecule has 0 aromatic heterocycles. The van der Waals surface area contributed by atoms with E-state index in [1.54, 1.807) is 0 Å². The van der Waals surface area contributed by atoms with E-state index in [1.165, 1.54) is 12.8 Å². The summed E-state index contributed by atoms with van der Waals surface area (Å²) in [6.45, 7) is 9.37. The SMILES string of the molecule is CCC(C)[C@H](N)C(=O)N(CC(C)C)C1CCCC1. The van der Waals surface area contributed by atoms with E-state index in [1.807, 2.05) is 0 Å². The predicted octanol–water partition coefficient (Wildman–Crippen LogP) is 2.79. The fourth-order valence-electron chi connectivity index (χ4n) is 2.72. The van der Waals surface area contributed by atoms with Crippen molar-refractivity contribution >= 4 is 5.91 Å². The van der Waals surface area contributed by atoms with Gasteiger partial charge in [-0.3, -0.25) is 4.79 Å². The second-order valence-electron chi connectivity index (χ2n) is 6.23. The first-order chi connectivity index (χ1) is 8.47. The zero-order chi connectivity index (χ0) is 13.7. The summed E-state index contributed by atoms with van der Waals surface area (Å²) >= 11 is 0. The highest BCUT2D eigenvalue weighted by atomic mass is 16.2. The van der Waals surface area contributed by atoms with Crippen LogP contribution < -0.4 is 5.73 Å². The molecule has 1 rings (SSSR count). The second-order valence-corrected chi connectivity index (χ2v) is 6.23. The highest BCUT2D eigenvalue weighted by Crippen LogP contribution is 2.25. The third-order valence-corrected chi connectivity index (χ3v) is 4.15. The van der Waals surface area contributed by atoms with Crippen LogP contribution in [0.2, 0.25) is 0 Å². The van der Waals surface area contributed by atoms with E-state index in [9.17, 15) is 4.79 Å². The molecular formula is C15H30N2O. The summed E-state index contributed by atoms with van der Waals surface area (Å²) in [6.07, 6.45) is 5.79. The number of rotatable bonds is 6. The topological polar surface area (TPSA) is 46.3 Å². The van der Waals surface area contributed by atoms with E-state index in [4.69, 9.17) is 5.73 Å². The van der Waals surface area contributed by atoms with Crippen LogP contribution in [-0.4, -0.2) is 29.4 Å². The van der Waals surface area contributed by atoms with Crippen molar-refractivity contribution in [3.05, 3.63) is 0 Å². The minimum atomic E-state index is -0.325. The van der Waals surface area contributed by atoms with Crippen LogP contribution in [0.15, 0.2) is 0 Å². The molecule has 0 spiro atoms. The fraction of sp³-hybridized carbons (Fsp3) is 0.933. The normalized spacial score (nSPS) is 20.1. The molecule has 0 aromatic rings. The molecule has 3 nitrogen and oxygen atoms in total. The molecule has 1 amide bonds. The van der Waals surface area contributed by atoms with E-state index in [0.29, 0.717) is 12.0 Å². The highest BCUT2D eigenvalue weighted by molar-refractivity contribution is 5.82. The van der Waals surface area contributed by atoms with Crippen LogP contribution >= 0.6 is 0 Å². The molecule has 1 aliphatic rings. The standard InChI is InChI=1S/C15H30N2O/c1-5-12(4)14(16)15(18)17(10-11(2)3)13-8-6-7-9-13/h11-14H,5-10,16H2,1-4H3/t12?,14-/m0/s1. The largest absolute Gasteiger partial charge is 0.338 e. The summed E-state index contributed by atoms with van der Waals surface area (Å²) in [7, 11) is 0. The van der Waals surface area contributed by atoms with Crippen LogP contribution in [0.5, 0.6) is 0 Å². The molecule has 0 radical (unpaired) electrons. The minimum absolute atomic E-state index is 0.171. The number of nitrogens with zero attached hydrogens (tertiary/aromatic N) is 1. The zero-order valence-corrected chi connectivity index (χ0v) is 12.5. The summed E-state index contributed by atoms with van der Waals surface area (Å²) in [5.74, 6) is 0.956. The number of hydrogen-bond acceptors (Lipinski definition) is 2. The maximum absolute atomic E-state index is 12.6. The van der Waals surface area contributed by atoms with E-state index >= 15 is 0 Å². The number of carbonyl (C=O) groups excluding carboxylic acids is 1. The van der Waals surface area contributed by atoms with Gasteiger partial charge in [-0.05, 0) is 24.7 Å². The molecule has 0 heterocycles. The molecule has 2 atom stereocenters. The number of carbonyl (C=O) groups is 1. The van der Waals surface area contributed by atoms with E-state index < -0.39 is 0 Å². The van der Waals surface area contributed by atoms with Crippen LogP contribution in [0, 0.1) is 11.8 Å². The molecule has 0 aromatic carbocycles. The Morgan fingerprint density at radius 3 is 2.28 bits per heavy atom. The van der Waals surface area contributed by atoms with Crippen molar-refractivity contribution in [1.29, 1.82) is 0 Å². The Hall–Kier alpha value is -0.570. The lowest BCUT2D eigenvalue weighted by molar-refractivity contribution is -0.136. The Morgan fingerprint density at radius 1 is 1.28 bits per heavy atom. The van der Waals surface area contributed by atoms with Crippen molar-refractivity contribution in [3.8, 4) is 0 Å². The van der Waals surface area contributed by atoms with Crippen LogP contribution in [-0.2, 0) is 4.79 Å². The maximum Gasteiger partial charge on any atom is 0.240 e. The Balaban J connectivity index is 2.71. The van der Waals surface area contributed by atoms with Crippen molar-refractivity contribution in [2.24, 2.45) is 17.6 Å². The molecule has 3 heteroatoms. The van der Waals surface area contributed by atoms with Gasteiger partial charge in [0.05, 0.1) is 6.04 Å². The third kappa shape index (κ3) is 3.98. The van der Waals surface area contributed by atoms with Gasteiger partial charge in [0.25, 0.3) is 0 Å². The van der Waals surface area contributed by atoms with Crippen molar-refractivity contribution in [3.63, 3.8) is 0 Å². The molecule has 106 valence electrons. The lowest BCUT2D eigenvalue weighted by atomic mass is 9.97. The highest BCUT2D eigenvalue weighted by Gasteiger charge is 2.31. The minimum Gasteiger partial charge on any atom is -0.338 e. The molecular weight excluding hydrogens is 224 g/mol. The van der Waals surface area contributed by atoms with E-state index in [0.717, 1.165) is 25.8 Å². The van der Waals surface area contributed by atoms with Gasteiger partial charge in [0.1, 0.15) is 0 Å². The monoisotopic (exact) mass is 254 g/mol. The molecule has 1 aliphatic carbocycles. The first kappa shape index (κ1) is 15.5. The summed E-state index contributed by atoms with van der Waals surface area (Å²) in [5, 5.41) is 0. The van der Waals surface area contributed by atoms with Crippen LogP contribution in [0.25, 0.3) is 0 Å². The van der Waals surface area contributed by atoms with Gasteiger partial charge in [-0.2, -0.15) is 0 Å². The van der Waals surface area contributed by atoms with Gasteiger partial charge < -0.3 is 10.6 Å². The van der Waals surface area contributed by atoms with Gasteiger partial charge in [0, 0.05) is 12.6 Å². The molecule has 1 unspecified atom stereocenters. The third-order valence-electron chi connectivity index (χ3n) is 4.15. The summed E-state index contributed by atoms with van der Waals surface area (Å²) in [6, 6.07) is 0.115. The van der Waals surface area contributed by atoms with E-state index in [-0.39, 0.29) is 17.9 Å². The summed E-state index contributed by atoms with van der Waals surface area (Å²) < 4.78 is 0. The smallest absolute Gasteiger partial charge is 0.240 e. The molecule has 2 N–H and O–H groups in total. The average Bonchev–Trinajstić information content (AvgIpc) is 2.86. The maximum atomic E-state index is 12.6.